The van der Waals surface area contributed by atoms with Gasteiger partial charge in [-0.3, -0.25) is 10.1 Å². The summed E-state index contributed by atoms with van der Waals surface area (Å²) in [7, 11) is 0. The summed E-state index contributed by atoms with van der Waals surface area (Å²) in [5.41, 5.74) is 8.85. The Morgan fingerprint density at radius 3 is 2.38 bits per heavy atom. The first-order valence-electron chi connectivity index (χ1n) is 6.55. The van der Waals surface area contributed by atoms with Gasteiger partial charge in [-0.1, -0.05) is 48.0 Å². The zero-order valence-electron chi connectivity index (χ0n) is 11.8. The Bertz CT molecular complexity index is 636. The molecule has 0 amide bonds. The summed E-state index contributed by atoms with van der Waals surface area (Å²) in [6.45, 7) is 2.46. The van der Waals surface area contributed by atoms with Crippen LogP contribution in [0.15, 0.2) is 66.6 Å². The number of nitro groups is 1. The van der Waals surface area contributed by atoms with Gasteiger partial charge in [-0.2, -0.15) is 0 Å². The van der Waals surface area contributed by atoms with E-state index < -0.39 is 4.92 Å². The largest absolute Gasteiger partial charge is 0.380 e. The van der Waals surface area contributed by atoms with Crippen LogP contribution < -0.4 is 10.6 Å². The van der Waals surface area contributed by atoms with Crippen LogP contribution in [0.2, 0.25) is 0 Å². The summed E-state index contributed by atoms with van der Waals surface area (Å²) in [6.07, 6.45) is 0.822. The molecule has 21 heavy (non-hydrogen) atoms. The van der Waals surface area contributed by atoms with Gasteiger partial charge in [-0.25, -0.2) is 0 Å². The van der Waals surface area contributed by atoms with Gasteiger partial charge in [0.25, 0.3) is 6.20 Å². The Morgan fingerprint density at radius 2 is 1.81 bits per heavy atom. The first kappa shape index (κ1) is 14.6. The molecule has 0 aliphatic carbocycles. The van der Waals surface area contributed by atoms with Crippen LogP contribution >= 0.6 is 0 Å². The van der Waals surface area contributed by atoms with Crippen LogP contribution in [0, 0.1) is 17.0 Å². The van der Waals surface area contributed by atoms with Crippen LogP contribution in [0.4, 0.5) is 5.69 Å². The molecule has 2 aromatic rings. The summed E-state index contributed by atoms with van der Waals surface area (Å²) in [5, 5.41) is 10.7. The second kappa shape index (κ2) is 6.56. The highest BCUT2D eigenvalue weighted by molar-refractivity contribution is 5.52. The molecule has 108 valence electrons. The number of nitrogens with zero attached hydrogens (tertiary/aromatic N) is 2. The molecule has 0 aliphatic heterocycles. The Hall–Kier alpha value is -2.82. The first-order chi connectivity index (χ1) is 10.1. The van der Waals surface area contributed by atoms with Crippen LogP contribution in [0.5, 0.6) is 0 Å². The van der Waals surface area contributed by atoms with Crippen molar-refractivity contribution in [3.8, 4) is 0 Å². The van der Waals surface area contributed by atoms with E-state index >= 15 is 0 Å². The average molecular weight is 283 g/mol. The smallest absolute Gasteiger partial charge is 0.274 e. The van der Waals surface area contributed by atoms with Gasteiger partial charge >= 0.3 is 0 Å². The van der Waals surface area contributed by atoms with Crippen LogP contribution in [0.1, 0.15) is 11.1 Å². The highest BCUT2D eigenvalue weighted by Crippen LogP contribution is 2.20. The van der Waals surface area contributed by atoms with Gasteiger partial charge in [0.1, 0.15) is 0 Å². The summed E-state index contributed by atoms with van der Waals surface area (Å²) in [5.74, 6) is 0.104. The van der Waals surface area contributed by atoms with E-state index in [2.05, 4.69) is 0 Å². The van der Waals surface area contributed by atoms with Crippen LogP contribution in [-0.4, -0.2) is 4.92 Å². The molecule has 0 atom stereocenters. The van der Waals surface area contributed by atoms with E-state index in [0.717, 1.165) is 23.0 Å². The van der Waals surface area contributed by atoms with Gasteiger partial charge in [0, 0.05) is 12.2 Å². The molecular weight excluding hydrogens is 266 g/mol. The lowest BCUT2D eigenvalue weighted by Gasteiger charge is -2.23. The normalized spacial score (nSPS) is 11.2. The Labute approximate surface area is 123 Å². The highest BCUT2D eigenvalue weighted by Gasteiger charge is 2.13. The van der Waals surface area contributed by atoms with Crippen molar-refractivity contribution >= 4 is 5.69 Å². The average Bonchev–Trinajstić information content (AvgIpc) is 2.46. The van der Waals surface area contributed by atoms with Crippen molar-refractivity contribution in [2.24, 2.45) is 5.73 Å². The van der Waals surface area contributed by atoms with Crippen molar-refractivity contribution in [1.29, 1.82) is 0 Å². The zero-order chi connectivity index (χ0) is 15.2. The minimum absolute atomic E-state index is 0.104. The minimum Gasteiger partial charge on any atom is -0.380 e. The number of hydrogen-bond acceptors (Lipinski definition) is 4. The molecule has 0 saturated heterocycles. The van der Waals surface area contributed by atoms with E-state index in [1.807, 2.05) is 61.5 Å². The third-order valence-corrected chi connectivity index (χ3v) is 3.08. The van der Waals surface area contributed by atoms with E-state index in [1.165, 1.54) is 0 Å². The fourth-order valence-electron chi connectivity index (χ4n) is 2.00. The molecule has 0 saturated carbocycles. The Balaban J connectivity index is 2.34. The molecule has 5 heteroatoms. The van der Waals surface area contributed by atoms with Crippen molar-refractivity contribution in [3.05, 3.63) is 87.9 Å². The fourth-order valence-corrected chi connectivity index (χ4v) is 2.00. The second-order valence-electron chi connectivity index (χ2n) is 4.75. The summed E-state index contributed by atoms with van der Waals surface area (Å²) in [4.78, 5) is 11.9. The van der Waals surface area contributed by atoms with Crippen molar-refractivity contribution in [3.63, 3.8) is 0 Å². The predicted molar refractivity (Wildman–Crippen MR) is 83.1 cm³/mol. The molecule has 0 fully saturated rings. The van der Waals surface area contributed by atoms with Gasteiger partial charge in [0.05, 0.1) is 4.92 Å². The molecule has 0 bridgehead atoms. The standard InChI is InChI=1S/C16H17N3O2/c1-13-7-9-15(10-8-13)18(16(17)12-19(20)21)11-14-5-3-2-4-6-14/h2-10,12H,11,17H2,1H3/b16-12+. The van der Waals surface area contributed by atoms with Crippen molar-refractivity contribution in [2.45, 2.75) is 13.5 Å². The van der Waals surface area contributed by atoms with E-state index in [-0.39, 0.29) is 5.82 Å². The number of benzene rings is 2. The molecule has 0 radical (unpaired) electrons. The van der Waals surface area contributed by atoms with Crippen molar-refractivity contribution < 1.29 is 4.92 Å². The maximum absolute atomic E-state index is 10.7. The van der Waals surface area contributed by atoms with Gasteiger partial charge in [-0.05, 0) is 24.6 Å². The third-order valence-electron chi connectivity index (χ3n) is 3.08. The lowest BCUT2D eigenvalue weighted by molar-refractivity contribution is -0.403. The molecule has 0 aliphatic rings. The topological polar surface area (TPSA) is 72.4 Å². The predicted octanol–water partition coefficient (Wildman–Crippen LogP) is 3.04. The number of anilines is 1. The quantitative estimate of drug-likeness (QED) is 0.676. The third kappa shape index (κ3) is 4.07. The zero-order valence-corrected chi connectivity index (χ0v) is 11.8. The number of aryl methyl sites for hydroxylation is 1. The molecular formula is C16H17N3O2. The maximum Gasteiger partial charge on any atom is 0.274 e. The van der Waals surface area contributed by atoms with Gasteiger partial charge in [0.15, 0.2) is 5.82 Å². The van der Waals surface area contributed by atoms with E-state index in [1.54, 1.807) is 4.90 Å². The SMILES string of the molecule is Cc1ccc(N(Cc2ccccc2)/C(N)=C/[N+](=O)[O-])cc1. The van der Waals surface area contributed by atoms with E-state index in [0.29, 0.717) is 6.54 Å². The molecule has 2 aromatic carbocycles. The minimum atomic E-state index is -0.540. The molecule has 5 nitrogen and oxygen atoms in total. The highest BCUT2D eigenvalue weighted by atomic mass is 16.6. The van der Waals surface area contributed by atoms with E-state index in [9.17, 15) is 10.1 Å². The molecule has 2 N–H and O–H groups in total. The summed E-state index contributed by atoms with van der Waals surface area (Å²) >= 11 is 0. The molecule has 0 aromatic heterocycles. The lowest BCUT2D eigenvalue weighted by atomic mass is 10.1. The number of nitrogens with two attached hydrogens (primary N) is 1. The fraction of sp³-hybridized carbons (Fsp3) is 0.125. The van der Waals surface area contributed by atoms with E-state index in [4.69, 9.17) is 5.73 Å². The maximum atomic E-state index is 10.7. The molecule has 0 heterocycles. The monoisotopic (exact) mass is 283 g/mol. The van der Waals surface area contributed by atoms with Gasteiger partial charge in [-0.15, -0.1) is 0 Å². The molecule has 0 spiro atoms. The summed E-state index contributed by atoms with van der Waals surface area (Å²) in [6, 6.07) is 17.4. The number of rotatable bonds is 5. The van der Waals surface area contributed by atoms with Crippen LogP contribution in [0.3, 0.4) is 0 Å². The Morgan fingerprint density at radius 1 is 1.19 bits per heavy atom. The van der Waals surface area contributed by atoms with Crippen LogP contribution in [0.25, 0.3) is 0 Å². The van der Waals surface area contributed by atoms with Crippen molar-refractivity contribution in [1.82, 2.24) is 0 Å². The van der Waals surface area contributed by atoms with Crippen LogP contribution in [-0.2, 0) is 6.54 Å². The second-order valence-corrected chi connectivity index (χ2v) is 4.75. The van der Waals surface area contributed by atoms with Gasteiger partial charge < -0.3 is 10.6 Å². The molecule has 2 rings (SSSR count). The first-order valence-corrected chi connectivity index (χ1v) is 6.55. The Kier molecular flexibility index (Phi) is 4.56. The number of hydrogen-bond donors (Lipinski definition) is 1. The van der Waals surface area contributed by atoms with Gasteiger partial charge in [0.2, 0.25) is 0 Å². The lowest BCUT2D eigenvalue weighted by Crippen LogP contribution is -2.28. The summed E-state index contributed by atoms with van der Waals surface area (Å²) < 4.78 is 0. The van der Waals surface area contributed by atoms with Crippen molar-refractivity contribution in [2.75, 3.05) is 4.90 Å². The molecule has 0 unspecified atom stereocenters.